The van der Waals surface area contributed by atoms with E-state index >= 15 is 0 Å². The lowest BCUT2D eigenvalue weighted by Gasteiger charge is -2.34. The maximum Gasteiger partial charge on any atom is 0.305 e. The van der Waals surface area contributed by atoms with E-state index < -0.39 is 16.6 Å². The van der Waals surface area contributed by atoms with Gasteiger partial charge in [-0.2, -0.15) is 0 Å². The lowest BCUT2D eigenvalue weighted by Crippen LogP contribution is -2.44. The van der Waals surface area contributed by atoms with Crippen LogP contribution in [0.3, 0.4) is 0 Å². The van der Waals surface area contributed by atoms with Crippen molar-refractivity contribution in [1.29, 1.82) is 0 Å². The van der Waals surface area contributed by atoms with Gasteiger partial charge in [0.25, 0.3) is 0 Å². The first-order valence-electron chi connectivity index (χ1n) is 11.8. The van der Waals surface area contributed by atoms with Gasteiger partial charge in [0, 0.05) is 26.1 Å². The summed E-state index contributed by atoms with van der Waals surface area (Å²) in [5, 5.41) is 17.5. The second-order valence-corrected chi connectivity index (χ2v) is 18.2. The van der Waals surface area contributed by atoms with Gasteiger partial charge in [-0.3, -0.25) is 9.59 Å². The molecule has 0 fully saturated rings. The summed E-state index contributed by atoms with van der Waals surface area (Å²) in [5.41, 5.74) is 0. The van der Waals surface area contributed by atoms with Crippen LogP contribution in [0.15, 0.2) is 0 Å². The summed E-state index contributed by atoms with van der Waals surface area (Å²) in [4.78, 5) is 23.4. The van der Waals surface area contributed by atoms with Crippen molar-refractivity contribution in [3.05, 3.63) is 0 Å². The molecule has 2 N–H and O–H groups in total. The molecule has 0 rings (SSSR count). The molecule has 0 aromatic heterocycles. The van der Waals surface area contributed by atoms with Crippen molar-refractivity contribution in [1.82, 2.24) is 0 Å². The minimum atomic E-state index is -1.84. The second kappa shape index (κ2) is 17.8. The Kier molecular flexibility index (Phi) is 17.3. The van der Waals surface area contributed by atoms with Crippen LogP contribution in [0.25, 0.3) is 0 Å². The Labute approximate surface area is 191 Å². The third-order valence-electron chi connectivity index (χ3n) is 5.00. The molecule has 0 aliphatic heterocycles. The van der Waals surface area contributed by atoms with Gasteiger partial charge in [-0.1, -0.05) is 12.8 Å². The Morgan fingerprint density at radius 2 is 1.00 bits per heavy atom. The first-order chi connectivity index (χ1) is 14.6. The smallest absolute Gasteiger partial charge is 0.305 e. The van der Waals surface area contributed by atoms with E-state index in [9.17, 15) is 9.59 Å². The quantitative estimate of drug-likeness (QED) is 0.152. The maximum atomic E-state index is 11.7. The molecule has 0 amide bonds. The van der Waals surface area contributed by atoms with E-state index in [0.717, 1.165) is 63.5 Å². The zero-order valence-corrected chi connectivity index (χ0v) is 22.2. The molecule has 184 valence electrons. The molecule has 9 heteroatoms. The predicted molar refractivity (Wildman–Crippen MR) is 128 cm³/mol. The summed E-state index contributed by atoms with van der Waals surface area (Å²) < 4.78 is 17.2. The molecule has 0 aliphatic rings. The number of ether oxygens (including phenoxy) is 2. The Hall–Kier alpha value is -0.746. The van der Waals surface area contributed by atoms with Crippen molar-refractivity contribution in [2.45, 2.75) is 102 Å². The van der Waals surface area contributed by atoms with E-state index in [1.165, 1.54) is 0 Å². The van der Waals surface area contributed by atoms with Gasteiger partial charge < -0.3 is 23.8 Å². The van der Waals surface area contributed by atoms with Gasteiger partial charge in [-0.05, 0) is 76.8 Å². The number of hydrogen-bond acceptors (Lipinski definition) is 7. The highest BCUT2D eigenvalue weighted by atomic mass is 28.4. The molecular formula is C22H46O7Si2. The number of rotatable bonds is 20. The number of aliphatic hydroxyl groups is 2. The zero-order valence-electron chi connectivity index (χ0n) is 20.2. The summed E-state index contributed by atoms with van der Waals surface area (Å²) >= 11 is 0. The van der Waals surface area contributed by atoms with Crippen LogP contribution in [0.2, 0.25) is 38.3 Å². The standard InChI is InChI=1S/C22H46O7Si2/c1-30(2,19-11-17-27-21(25)13-7-5-9-15-23)29-31(3,4)20-12-18-28-22(26)14-8-6-10-16-24/h23-24H,5-20H2,1-4H3. The molecule has 31 heavy (non-hydrogen) atoms. The molecule has 0 unspecified atom stereocenters. The molecule has 0 bridgehead atoms. The minimum Gasteiger partial charge on any atom is -0.466 e. The first-order valence-corrected chi connectivity index (χ1v) is 18.1. The highest BCUT2D eigenvalue weighted by Crippen LogP contribution is 2.24. The van der Waals surface area contributed by atoms with E-state index in [0.29, 0.717) is 26.1 Å². The largest absolute Gasteiger partial charge is 0.466 e. The predicted octanol–water partition coefficient (Wildman–Crippen LogP) is 4.39. The Balaban J connectivity index is 3.94. The number of esters is 2. The van der Waals surface area contributed by atoms with Gasteiger partial charge in [0.1, 0.15) is 0 Å². The summed E-state index contributed by atoms with van der Waals surface area (Å²) in [6.07, 6.45) is 7.18. The molecule has 0 aromatic carbocycles. The third kappa shape index (κ3) is 19.6. The zero-order chi connectivity index (χ0) is 23.6. The first kappa shape index (κ1) is 30.3. The number of carbonyl (C=O) groups excluding carboxylic acids is 2. The fourth-order valence-electron chi connectivity index (χ4n) is 3.48. The van der Waals surface area contributed by atoms with Crippen LogP contribution in [0.5, 0.6) is 0 Å². The van der Waals surface area contributed by atoms with Gasteiger partial charge >= 0.3 is 11.9 Å². The Morgan fingerprint density at radius 1 is 0.613 bits per heavy atom. The molecule has 0 spiro atoms. The van der Waals surface area contributed by atoms with E-state index in [1.807, 2.05) is 0 Å². The normalized spacial score (nSPS) is 12.1. The van der Waals surface area contributed by atoms with Crippen molar-refractivity contribution in [3.8, 4) is 0 Å². The van der Waals surface area contributed by atoms with Crippen LogP contribution in [0.1, 0.15) is 64.2 Å². The topological polar surface area (TPSA) is 102 Å². The molecule has 0 atom stereocenters. The number of hydrogen-bond donors (Lipinski definition) is 2. The van der Waals surface area contributed by atoms with Gasteiger partial charge in [0.05, 0.1) is 13.2 Å². The Morgan fingerprint density at radius 3 is 1.35 bits per heavy atom. The molecule has 0 heterocycles. The van der Waals surface area contributed by atoms with Crippen LogP contribution in [-0.2, 0) is 23.2 Å². The molecule has 0 saturated carbocycles. The average molecular weight is 479 g/mol. The van der Waals surface area contributed by atoms with E-state index in [4.69, 9.17) is 23.8 Å². The molecular weight excluding hydrogens is 432 g/mol. The fourth-order valence-corrected chi connectivity index (χ4v) is 12.3. The van der Waals surface area contributed by atoms with Crippen LogP contribution in [0, 0.1) is 0 Å². The van der Waals surface area contributed by atoms with Crippen LogP contribution < -0.4 is 0 Å². The van der Waals surface area contributed by atoms with Crippen molar-refractivity contribution in [3.63, 3.8) is 0 Å². The van der Waals surface area contributed by atoms with Crippen LogP contribution >= 0.6 is 0 Å². The van der Waals surface area contributed by atoms with E-state index in [1.54, 1.807) is 0 Å². The van der Waals surface area contributed by atoms with Crippen LogP contribution in [-0.4, -0.2) is 65.2 Å². The number of carbonyl (C=O) groups is 2. The molecule has 0 saturated heterocycles. The molecule has 0 radical (unpaired) electrons. The summed E-state index contributed by atoms with van der Waals surface area (Å²) in [5.74, 6) is -0.313. The van der Waals surface area contributed by atoms with Crippen molar-refractivity contribution in [2.24, 2.45) is 0 Å². The monoisotopic (exact) mass is 478 g/mol. The minimum absolute atomic E-state index is 0.157. The van der Waals surface area contributed by atoms with Gasteiger partial charge in [0.15, 0.2) is 16.6 Å². The third-order valence-corrected chi connectivity index (χ3v) is 12.5. The maximum absolute atomic E-state index is 11.7. The van der Waals surface area contributed by atoms with Gasteiger partial charge in [-0.15, -0.1) is 0 Å². The summed E-state index contributed by atoms with van der Waals surface area (Å²) in [6, 6.07) is 1.90. The van der Waals surface area contributed by atoms with Crippen LogP contribution in [0.4, 0.5) is 0 Å². The van der Waals surface area contributed by atoms with E-state index in [-0.39, 0.29) is 25.2 Å². The highest BCUT2D eigenvalue weighted by molar-refractivity contribution is 6.84. The molecule has 0 aliphatic carbocycles. The lowest BCUT2D eigenvalue weighted by atomic mass is 10.2. The SMILES string of the molecule is C[Si](C)(CCCOC(=O)CCCCCO)O[Si](C)(C)CCCOC(=O)CCCCCO. The number of aliphatic hydroxyl groups excluding tert-OH is 2. The van der Waals surface area contributed by atoms with Crippen molar-refractivity contribution >= 4 is 28.6 Å². The van der Waals surface area contributed by atoms with Gasteiger partial charge in [-0.25, -0.2) is 0 Å². The Bertz CT molecular complexity index is 442. The fraction of sp³-hybridized carbons (Fsp3) is 0.909. The highest BCUT2D eigenvalue weighted by Gasteiger charge is 2.32. The molecule has 0 aromatic rings. The lowest BCUT2D eigenvalue weighted by molar-refractivity contribution is -0.144. The molecule has 7 nitrogen and oxygen atoms in total. The van der Waals surface area contributed by atoms with Gasteiger partial charge in [0.2, 0.25) is 0 Å². The summed E-state index contributed by atoms with van der Waals surface area (Å²) in [7, 11) is -3.68. The van der Waals surface area contributed by atoms with E-state index in [2.05, 4.69) is 26.2 Å². The number of unbranched alkanes of at least 4 members (excludes halogenated alkanes) is 4. The summed E-state index contributed by atoms with van der Waals surface area (Å²) in [6.45, 7) is 10.1. The second-order valence-electron chi connectivity index (χ2n) is 9.34. The average Bonchev–Trinajstić information content (AvgIpc) is 2.68. The van der Waals surface area contributed by atoms with Crippen molar-refractivity contribution < 1.29 is 33.4 Å². The van der Waals surface area contributed by atoms with Crippen molar-refractivity contribution in [2.75, 3.05) is 26.4 Å².